The van der Waals surface area contributed by atoms with Gasteiger partial charge in [-0.2, -0.15) is 0 Å². The van der Waals surface area contributed by atoms with Crippen LogP contribution in [-0.2, 0) is 6.54 Å². The van der Waals surface area contributed by atoms with Gasteiger partial charge in [-0.05, 0) is 34.7 Å². The maximum atomic E-state index is 5.71. The zero-order valence-corrected chi connectivity index (χ0v) is 8.43. The Labute approximate surface area is 82.8 Å². The van der Waals surface area contributed by atoms with Crippen LogP contribution >= 0.6 is 34.2 Å². The summed E-state index contributed by atoms with van der Waals surface area (Å²) in [5.41, 5.74) is 2.11. The number of aromatic nitrogens is 1. The number of fused-ring (bicyclic) bond motifs is 1. The maximum Gasteiger partial charge on any atom is 0.129 e. The summed E-state index contributed by atoms with van der Waals surface area (Å²) in [6.07, 6.45) is 0. The normalized spacial score (nSPS) is 14.5. The quantitative estimate of drug-likeness (QED) is 0.528. The van der Waals surface area contributed by atoms with Crippen molar-refractivity contribution in [3.05, 3.63) is 28.5 Å². The van der Waals surface area contributed by atoms with Crippen LogP contribution in [0.5, 0.6) is 0 Å². The lowest BCUT2D eigenvalue weighted by molar-refractivity contribution is 1.02. The summed E-state index contributed by atoms with van der Waals surface area (Å²) in [6.45, 7) is 0.675. The molecule has 0 amide bonds. The Morgan fingerprint density at radius 2 is 2.27 bits per heavy atom. The largest absolute Gasteiger partial charge is 0.272 e. The molecule has 0 radical (unpaired) electrons. The zero-order valence-electron chi connectivity index (χ0n) is 5.51. The summed E-state index contributed by atoms with van der Waals surface area (Å²) in [6, 6.07) is 3.75. The molecule has 0 spiro atoms. The summed E-state index contributed by atoms with van der Waals surface area (Å²) in [7, 11) is 0. The van der Waals surface area contributed by atoms with E-state index in [-0.39, 0.29) is 0 Å². The smallest absolute Gasteiger partial charge is 0.129 e. The van der Waals surface area contributed by atoms with Crippen molar-refractivity contribution in [3.63, 3.8) is 0 Å². The number of nitrogens with zero attached hydrogens (tertiary/aromatic N) is 2. The molecule has 1 aromatic rings. The summed E-state index contributed by atoms with van der Waals surface area (Å²) < 4.78 is 1.03. The third kappa shape index (κ3) is 1.27. The molecule has 1 aromatic heterocycles. The molecule has 56 valence electrons. The summed E-state index contributed by atoms with van der Waals surface area (Å²) in [5, 5.41) is 0.546. The van der Waals surface area contributed by atoms with Gasteiger partial charge in [0, 0.05) is 5.56 Å². The topological polar surface area (TPSA) is 25.2 Å². The molecule has 0 fully saturated rings. The molecule has 4 heteroatoms. The average Bonchev–Trinajstić information content (AvgIpc) is 2.32. The number of rotatable bonds is 0. The van der Waals surface area contributed by atoms with Crippen LogP contribution < -0.4 is 0 Å². The van der Waals surface area contributed by atoms with E-state index in [1.54, 1.807) is 6.07 Å². The monoisotopic (exact) mass is 278 g/mol. The van der Waals surface area contributed by atoms with E-state index in [9.17, 15) is 0 Å². The van der Waals surface area contributed by atoms with E-state index < -0.39 is 0 Å². The second kappa shape index (κ2) is 2.71. The van der Waals surface area contributed by atoms with Crippen LogP contribution in [0.25, 0.3) is 0 Å². The molecular weight excluding hydrogens is 274 g/mol. The maximum absolute atomic E-state index is 5.71. The van der Waals surface area contributed by atoms with Crippen molar-refractivity contribution in [2.24, 2.45) is 4.99 Å². The van der Waals surface area contributed by atoms with Crippen LogP contribution in [0.2, 0.25) is 5.15 Å². The number of halogens is 2. The van der Waals surface area contributed by atoms with Gasteiger partial charge in [0.25, 0.3) is 0 Å². The van der Waals surface area contributed by atoms with E-state index in [0.29, 0.717) is 11.7 Å². The standard InChI is InChI=1S/C7H4ClIN2/c8-6-2-1-4-5(11-6)3-10-7(4)9/h1-2H,3H2. The molecule has 0 saturated heterocycles. The Hall–Kier alpha value is -0.160. The predicted molar refractivity (Wildman–Crippen MR) is 53.5 cm³/mol. The highest BCUT2D eigenvalue weighted by Crippen LogP contribution is 2.21. The highest BCUT2D eigenvalue weighted by atomic mass is 127. The summed E-state index contributed by atoms with van der Waals surface area (Å²) in [5.74, 6) is 0. The van der Waals surface area contributed by atoms with E-state index in [4.69, 9.17) is 11.6 Å². The third-order valence-corrected chi connectivity index (χ3v) is 2.66. The highest BCUT2D eigenvalue weighted by molar-refractivity contribution is 14.1. The average molecular weight is 278 g/mol. The molecule has 0 atom stereocenters. The van der Waals surface area contributed by atoms with Crippen LogP contribution in [0.3, 0.4) is 0 Å². The van der Waals surface area contributed by atoms with E-state index >= 15 is 0 Å². The first-order valence-electron chi connectivity index (χ1n) is 3.13. The minimum atomic E-state index is 0.546. The minimum absolute atomic E-state index is 0.546. The summed E-state index contributed by atoms with van der Waals surface area (Å²) in [4.78, 5) is 8.38. The molecule has 1 aliphatic heterocycles. The molecule has 0 saturated carbocycles. The molecular formula is C7H4ClIN2. The summed E-state index contributed by atoms with van der Waals surface area (Å²) >= 11 is 7.91. The molecule has 2 nitrogen and oxygen atoms in total. The Balaban J connectivity index is 2.58. The van der Waals surface area contributed by atoms with Crippen molar-refractivity contribution in [3.8, 4) is 0 Å². The molecule has 2 rings (SSSR count). The predicted octanol–water partition coefficient (Wildman–Crippen LogP) is 2.43. The fraction of sp³-hybridized carbons (Fsp3) is 0.143. The van der Waals surface area contributed by atoms with Gasteiger partial charge in [-0.15, -0.1) is 0 Å². The third-order valence-electron chi connectivity index (χ3n) is 1.53. The van der Waals surface area contributed by atoms with Crippen molar-refractivity contribution < 1.29 is 0 Å². The van der Waals surface area contributed by atoms with Crippen molar-refractivity contribution in [2.75, 3.05) is 0 Å². The van der Waals surface area contributed by atoms with E-state index in [1.165, 1.54) is 0 Å². The fourth-order valence-electron chi connectivity index (χ4n) is 1.01. The Bertz CT molecular complexity index is 335. The van der Waals surface area contributed by atoms with Crippen LogP contribution in [0.4, 0.5) is 0 Å². The Morgan fingerprint density at radius 3 is 3.09 bits per heavy atom. The second-order valence-corrected chi connectivity index (χ2v) is 3.64. The van der Waals surface area contributed by atoms with E-state index in [0.717, 1.165) is 15.0 Å². The second-order valence-electron chi connectivity index (χ2n) is 2.24. The van der Waals surface area contributed by atoms with Crippen LogP contribution in [0.15, 0.2) is 17.1 Å². The van der Waals surface area contributed by atoms with Gasteiger partial charge in [-0.1, -0.05) is 11.6 Å². The minimum Gasteiger partial charge on any atom is -0.272 e. The van der Waals surface area contributed by atoms with Gasteiger partial charge in [-0.3, -0.25) is 4.99 Å². The Morgan fingerprint density at radius 1 is 1.45 bits per heavy atom. The number of hydrogen-bond donors (Lipinski definition) is 0. The van der Waals surface area contributed by atoms with E-state index in [2.05, 4.69) is 32.6 Å². The molecule has 11 heavy (non-hydrogen) atoms. The number of aliphatic imine (C=N–C) groups is 1. The van der Waals surface area contributed by atoms with Gasteiger partial charge >= 0.3 is 0 Å². The molecule has 2 heterocycles. The lowest BCUT2D eigenvalue weighted by Gasteiger charge is -1.96. The van der Waals surface area contributed by atoms with Gasteiger partial charge in [0.15, 0.2) is 0 Å². The SMILES string of the molecule is Clc1ccc2c(n1)CN=C2I. The van der Waals surface area contributed by atoms with Gasteiger partial charge in [0.2, 0.25) is 0 Å². The zero-order chi connectivity index (χ0) is 7.84. The van der Waals surface area contributed by atoms with Gasteiger partial charge in [-0.25, -0.2) is 4.98 Å². The fourth-order valence-corrected chi connectivity index (χ4v) is 1.84. The highest BCUT2D eigenvalue weighted by Gasteiger charge is 2.14. The first kappa shape index (κ1) is 7.49. The van der Waals surface area contributed by atoms with Crippen molar-refractivity contribution in [1.29, 1.82) is 0 Å². The molecule has 0 bridgehead atoms. The molecule has 0 N–H and O–H groups in total. The van der Waals surface area contributed by atoms with Crippen LogP contribution in [0, 0.1) is 0 Å². The van der Waals surface area contributed by atoms with Crippen molar-refractivity contribution >= 4 is 37.9 Å². The van der Waals surface area contributed by atoms with Gasteiger partial charge in [0.05, 0.1) is 12.2 Å². The van der Waals surface area contributed by atoms with Gasteiger partial charge in [0.1, 0.15) is 8.87 Å². The van der Waals surface area contributed by atoms with Crippen LogP contribution in [-0.4, -0.2) is 8.70 Å². The number of pyridine rings is 1. The van der Waals surface area contributed by atoms with E-state index in [1.807, 2.05) is 6.07 Å². The Kier molecular flexibility index (Phi) is 1.85. The van der Waals surface area contributed by atoms with Crippen LogP contribution in [0.1, 0.15) is 11.3 Å². The van der Waals surface area contributed by atoms with Gasteiger partial charge < -0.3 is 0 Å². The first-order valence-corrected chi connectivity index (χ1v) is 4.59. The molecule has 1 aliphatic rings. The molecule has 0 unspecified atom stereocenters. The molecule has 0 aromatic carbocycles. The first-order chi connectivity index (χ1) is 5.27. The molecule has 0 aliphatic carbocycles. The van der Waals surface area contributed by atoms with Crippen molar-refractivity contribution in [1.82, 2.24) is 4.98 Å². The number of hydrogen-bond acceptors (Lipinski definition) is 2. The lowest BCUT2D eigenvalue weighted by Crippen LogP contribution is -1.91. The van der Waals surface area contributed by atoms with Crippen molar-refractivity contribution in [2.45, 2.75) is 6.54 Å². The lowest BCUT2D eigenvalue weighted by atomic mass is 10.2.